The molecule has 2 aliphatic heterocycles. The Morgan fingerprint density at radius 2 is 2.07 bits per heavy atom. The molecule has 3 heterocycles. The summed E-state index contributed by atoms with van der Waals surface area (Å²) in [5, 5.41) is 0.354. The Labute approximate surface area is 178 Å². The number of benzene rings is 1. The van der Waals surface area contributed by atoms with Gasteiger partial charge in [0.25, 0.3) is 0 Å². The molecule has 2 N–H and O–H groups in total. The molecule has 160 valence electrons. The number of nitrogens with two attached hydrogens (primary N) is 1. The Kier molecular flexibility index (Phi) is 5.92. The lowest BCUT2D eigenvalue weighted by atomic mass is 10.0. The topological polar surface area (TPSA) is 75.4 Å². The molecule has 1 aromatic carbocycles. The van der Waals surface area contributed by atoms with Crippen LogP contribution >= 0.6 is 11.8 Å². The summed E-state index contributed by atoms with van der Waals surface area (Å²) < 4.78 is 26.6. The van der Waals surface area contributed by atoms with Gasteiger partial charge in [-0.15, -0.1) is 11.8 Å². The fourth-order valence-corrected chi connectivity index (χ4v) is 5.23. The predicted octanol–water partition coefficient (Wildman–Crippen LogP) is 2.67. The Balaban J connectivity index is 1.42. The molecule has 30 heavy (non-hydrogen) atoms. The number of thioether (sulfide) groups is 1. The fourth-order valence-electron chi connectivity index (χ4n) is 4.18. The second-order valence-corrected chi connectivity index (χ2v) is 9.23. The highest BCUT2D eigenvalue weighted by Crippen LogP contribution is 2.44. The summed E-state index contributed by atoms with van der Waals surface area (Å²) in [6.45, 7) is 5.97. The standard InChI is InChI=1S/C21H25F2N5OS/c1-12-9-27(21(29)17(24)8-14-3-4-15(22)16(23)7-14)5-6-28(12)20-19-13(2)30-10-18(19)25-11-26-20/h3-4,7,11-13,17H,5-6,8-10,24H2,1-2H3. The molecule has 3 atom stereocenters. The molecule has 1 saturated heterocycles. The van der Waals surface area contributed by atoms with E-state index in [9.17, 15) is 13.6 Å². The number of carbonyl (C=O) groups excluding carboxylic acids is 1. The number of aromatic nitrogens is 2. The summed E-state index contributed by atoms with van der Waals surface area (Å²) in [7, 11) is 0. The summed E-state index contributed by atoms with van der Waals surface area (Å²) in [6, 6.07) is 2.89. The number of piperazine rings is 1. The third kappa shape index (κ3) is 4.00. The van der Waals surface area contributed by atoms with Crippen molar-refractivity contribution in [2.24, 2.45) is 5.73 Å². The number of halogens is 2. The molecular formula is C21H25F2N5OS. The number of carbonyl (C=O) groups is 1. The minimum absolute atomic E-state index is 0.0787. The Hall–Kier alpha value is -2.26. The van der Waals surface area contributed by atoms with Crippen LogP contribution in [0.15, 0.2) is 24.5 Å². The molecule has 2 aromatic rings. The van der Waals surface area contributed by atoms with Crippen molar-refractivity contribution >= 4 is 23.5 Å². The van der Waals surface area contributed by atoms with Gasteiger partial charge in [-0.2, -0.15) is 0 Å². The van der Waals surface area contributed by atoms with Crippen LogP contribution in [0.1, 0.15) is 35.9 Å². The zero-order valence-electron chi connectivity index (χ0n) is 17.0. The molecule has 0 bridgehead atoms. The van der Waals surface area contributed by atoms with E-state index in [1.165, 1.54) is 11.6 Å². The van der Waals surface area contributed by atoms with Crippen LogP contribution < -0.4 is 10.6 Å². The smallest absolute Gasteiger partial charge is 0.239 e. The average Bonchev–Trinajstić information content (AvgIpc) is 3.11. The first-order chi connectivity index (χ1) is 14.3. The molecular weight excluding hydrogens is 408 g/mol. The lowest BCUT2D eigenvalue weighted by Crippen LogP contribution is -2.57. The SMILES string of the molecule is CC1SCc2ncnc(N3CCN(C(=O)C(N)Cc4ccc(F)c(F)c4)CC3C)c21. The van der Waals surface area contributed by atoms with E-state index in [1.54, 1.807) is 11.2 Å². The average molecular weight is 434 g/mol. The second-order valence-electron chi connectivity index (χ2n) is 7.90. The lowest BCUT2D eigenvalue weighted by molar-refractivity contribution is -0.133. The molecule has 0 saturated carbocycles. The number of fused-ring (bicyclic) bond motifs is 1. The number of amides is 1. The predicted molar refractivity (Wildman–Crippen MR) is 113 cm³/mol. The number of anilines is 1. The first-order valence-corrected chi connectivity index (χ1v) is 11.1. The fraction of sp³-hybridized carbons (Fsp3) is 0.476. The van der Waals surface area contributed by atoms with Crippen LogP contribution in [0, 0.1) is 11.6 Å². The van der Waals surface area contributed by atoms with Gasteiger partial charge in [-0.3, -0.25) is 4.79 Å². The number of rotatable bonds is 4. The van der Waals surface area contributed by atoms with Crippen molar-refractivity contribution in [3.8, 4) is 0 Å². The molecule has 4 rings (SSSR count). The summed E-state index contributed by atoms with van der Waals surface area (Å²) in [5.41, 5.74) is 8.90. The monoisotopic (exact) mass is 433 g/mol. The van der Waals surface area contributed by atoms with E-state index in [0.717, 1.165) is 29.4 Å². The largest absolute Gasteiger partial charge is 0.350 e. The van der Waals surface area contributed by atoms with Crippen LogP contribution in [0.5, 0.6) is 0 Å². The molecule has 0 aliphatic carbocycles. The minimum Gasteiger partial charge on any atom is -0.350 e. The first kappa shape index (κ1) is 21.0. The highest BCUT2D eigenvalue weighted by Gasteiger charge is 2.34. The van der Waals surface area contributed by atoms with Crippen molar-refractivity contribution < 1.29 is 13.6 Å². The normalized spacial score (nSPS) is 22.2. The van der Waals surface area contributed by atoms with Gasteiger partial charge >= 0.3 is 0 Å². The van der Waals surface area contributed by atoms with Crippen molar-refractivity contribution in [2.45, 2.75) is 43.4 Å². The summed E-state index contributed by atoms with van der Waals surface area (Å²) in [6.07, 6.45) is 1.79. The Bertz CT molecular complexity index is 959. The maximum Gasteiger partial charge on any atom is 0.239 e. The third-order valence-electron chi connectivity index (χ3n) is 5.79. The van der Waals surface area contributed by atoms with E-state index < -0.39 is 17.7 Å². The third-order valence-corrected chi connectivity index (χ3v) is 6.97. The van der Waals surface area contributed by atoms with E-state index in [-0.39, 0.29) is 18.4 Å². The van der Waals surface area contributed by atoms with E-state index in [2.05, 4.69) is 28.7 Å². The number of hydrogen-bond donors (Lipinski definition) is 1. The van der Waals surface area contributed by atoms with Crippen LogP contribution in [0.2, 0.25) is 0 Å². The number of hydrogen-bond acceptors (Lipinski definition) is 6. The van der Waals surface area contributed by atoms with Crippen LogP contribution in [0.4, 0.5) is 14.6 Å². The zero-order chi connectivity index (χ0) is 21.4. The van der Waals surface area contributed by atoms with Gasteiger partial charge in [0.2, 0.25) is 5.91 Å². The zero-order valence-corrected chi connectivity index (χ0v) is 17.8. The first-order valence-electron chi connectivity index (χ1n) is 10.1. The molecule has 1 amide bonds. The van der Waals surface area contributed by atoms with Crippen LogP contribution in [0.25, 0.3) is 0 Å². The summed E-state index contributed by atoms with van der Waals surface area (Å²) in [4.78, 5) is 25.8. The van der Waals surface area contributed by atoms with Gasteiger partial charge in [0, 0.05) is 42.2 Å². The lowest BCUT2D eigenvalue weighted by Gasteiger charge is -2.42. The van der Waals surface area contributed by atoms with Crippen molar-refractivity contribution in [3.05, 3.63) is 53.0 Å². The maximum atomic E-state index is 13.4. The maximum absolute atomic E-state index is 13.4. The highest BCUT2D eigenvalue weighted by molar-refractivity contribution is 7.99. The summed E-state index contributed by atoms with van der Waals surface area (Å²) >= 11 is 1.86. The van der Waals surface area contributed by atoms with Crippen molar-refractivity contribution in [1.82, 2.24) is 14.9 Å². The molecule has 2 aliphatic rings. The molecule has 1 fully saturated rings. The molecule has 3 unspecified atom stereocenters. The molecule has 1 aromatic heterocycles. The van der Waals surface area contributed by atoms with Gasteiger partial charge in [-0.1, -0.05) is 6.07 Å². The van der Waals surface area contributed by atoms with Crippen molar-refractivity contribution in [2.75, 3.05) is 24.5 Å². The van der Waals surface area contributed by atoms with Gasteiger partial charge in [-0.25, -0.2) is 18.7 Å². The van der Waals surface area contributed by atoms with Gasteiger partial charge in [-0.05, 0) is 38.0 Å². The second kappa shape index (κ2) is 8.47. The van der Waals surface area contributed by atoms with Gasteiger partial charge < -0.3 is 15.5 Å². The van der Waals surface area contributed by atoms with E-state index in [1.807, 2.05) is 11.8 Å². The molecule has 0 radical (unpaired) electrons. The molecule has 0 spiro atoms. The van der Waals surface area contributed by atoms with Gasteiger partial charge in [0.1, 0.15) is 12.1 Å². The van der Waals surface area contributed by atoms with Crippen molar-refractivity contribution in [1.29, 1.82) is 0 Å². The quantitative estimate of drug-likeness (QED) is 0.799. The molecule has 9 heteroatoms. The summed E-state index contributed by atoms with van der Waals surface area (Å²) in [5.74, 6) is -0.157. The van der Waals surface area contributed by atoms with E-state index in [4.69, 9.17) is 5.73 Å². The number of nitrogens with zero attached hydrogens (tertiary/aromatic N) is 4. The van der Waals surface area contributed by atoms with Crippen LogP contribution in [-0.2, 0) is 17.0 Å². The Morgan fingerprint density at radius 1 is 1.27 bits per heavy atom. The van der Waals surface area contributed by atoms with Gasteiger partial charge in [0.05, 0.1) is 11.7 Å². The Morgan fingerprint density at radius 3 is 2.80 bits per heavy atom. The van der Waals surface area contributed by atoms with Crippen LogP contribution in [0.3, 0.4) is 0 Å². The molecule has 6 nitrogen and oxygen atoms in total. The van der Waals surface area contributed by atoms with E-state index in [0.29, 0.717) is 30.4 Å². The van der Waals surface area contributed by atoms with Crippen LogP contribution in [-0.4, -0.2) is 52.5 Å². The van der Waals surface area contributed by atoms with Crippen molar-refractivity contribution in [3.63, 3.8) is 0 Å². The highest BCUT2D eigenvalue weighted by atomic mass is 32.2. The van der Waals surface area contributed by atoms with E-state index >= 15 is 0 Å². The van der Waals surface area contributed by atoms with Gasteiger partial charge in [0.15, 0.2) is 11.6 Å². The minimum atomic E-state index is -0.931.